The average molecular weight is 418 g/mol. The molecule has 2 heterocycles. The molecular weight excluding hydrogens is 395 g/mol. The van der Waals surface area contributed by atoms with Gasteiger partial charge in [-0.05, 0) is 31.5 Å². The first-order chi connectivity index (χ1) is 14.3. The van der Waals surface area contributed by atoms with Crippen LogP contribution >= 0.6 is 0 Å². The number of aliphatic hydroxyl groups excluding tert-OH is 1. The van der Waals surface area contributed by atoms with E-state index in [9.17, 15) is 19.1 Å². The van der Waals surface area contributed by atoms with E-state index in [2.05, 4.69) is 20.5 Å². The molecule has 0 unspecified atom stereocenters. The van der Waals surface area contributed by atoms with E-state index in [0.29, 0.717) is 5.56 Å². The second-order valence-electron chi connectivity index (χ2n) is 6.99. The number of hydrogen-bond donors (Lipinski definition) is 3. The number of aromatic nitrogens is 4. The predicted molar refractivity (Wildman–Crippen MR) is 110 cm³/mol. The third kappa shape index (κ3) is 4.81. The summed E-state index contributed by atoms with van der Waals surface area (Å²) in [5.74, 6) is -0.210. The van der Waals surface area contributed by atoms with Gasteiger partial charge in [0.2, 0.25) is 5.95 Å². The standard InChI is InChI=1S/C19H23FN6O4/c1-11(2)30-10-14(27)9-26-15-16(25(3)19(29)23-17(15)28)22-18(26)24-21-8-12-4-6-13(20)7-5-12/h4-8,11,14,27H,9-10H2,1-3H3,(H,22,24)(H,23,28,29)/b21-8-/t14-/m0/s1. The molecule has 0 aliphatic heterocycles. The minimum Gasteiger partial charge on any atom is -0.389 e. The maximum absolute atomic E-state index is 13.0. The lowest BCUT2D eigenvalue weighted by Gasteiger charge is -2.15. The molecule has 0 aliphatic rings. The largest absolute Gasteiger partial charge is 0.389 e. The molecule has 0 saturated heterocycles. The Morgan fingerprint density at radius 3 is 2.70 bits per heavy atom. The molecular formula is C19H23FN6O4. The number of anilines is 1. The molecule has 2 aromatic heterocycles. The lowest BCUT2D eigenvalue weighted by atomic mass is 10.2. The van der Waals surface area contributed by atoms with E-state index in [-0.39, 0.29) is 42.2 Å². The Balaban J connectivity index is 1.96. The second-order valence-corrected chi connectivity index (χ2v) is 6.99. The van der Waals surface area contributed by atoms with E-state index < -0.39 is 17.4 Å². The molecule has 11 heteroatoms. The first-order valence-corrected chi connectivity index (χ1v) is 9.30. The van der Waals surface area contributed by atoms with Gasteiger partial charge in [0, 0.05) is 7.05 Å². The molecule has 3 rings (SSSR count). The summed E-state index contributed by atoms with van der Waals surface area (Å²) in [4.78, 5) is 30.8. The number of hydrazone groups is 1. The highest BCUT2D eigenvalue weighted by Crippen LogP contribution is 2.16. The minimum absolute atomic E-state index is 0.0150. The predicted octanol–water partition coefficient (Wildman–Crippen LogP) is 0.794. The molecule has 0 saturated carbocycles. The van der Waals surface area contributed by atoms with E-state index in [1.807, 2.05) is 13.8 Å². The summed E-state index contributed by atoms with van der Waals surface area (Å²) in [6.45, 7) is 3.73. The van der Waals surface area contributed by atoms with Gasteiger partial charge < -0.3 is 14.4 Å². The highest BCUT2D eigenvalue weighted by molar-refractivity contribution is 5.80. The Bertz CT molecular complexity index is 1160. The Labute approximate surface area is 170 Å². The first kappa shape index (κ1) is 21.4. The molecule has 3 N–H and O–H groups in total. The van der Waals surface area contributed by atoms with Gasteiger partial charge in [-0.1, -0.05) is 12.1 Å². The number of H-pyrrole nitrogens is 1. The number of aliphatic hydroxyl groups is 1. The number of halogens is 1. The average Bonchev–Trinajstić information content (AvgIpc) is 3.05. The number of nitrogens with zero attached hydrogens (tertiary/aromatic N) is 4. The van der Waals surface area contributed by atoms with Crippen LogP contribution in [-0.4, -0.2) is 49.2 Å². The summed E-state index contributed by atoms with van der Waals surface area (Å²) >= 11 is 0. The van der Waals surface area contributed by atoms with Gasteiger partial charge in [-0.25, -0.2) is 14.6 Å². The van der Waals surface area contributed by atoms with Gasteiger partial charge in [0.25, 0.3) is 5.56 Å². The third-order valence-corrected chi connectivity index (χ3v) is 4.27. The van der Waals surface area contributed by atoms with Crippen molar-refractivity contribution in [3.8, 4) is 0 Å². The molecule has 0 aliphatic carbocycles. The van der Waals surface area contributed by atoms with Crippen LogP contribution in [0.3, 0.4) is 0 Å². The van der Waals surface area contributed by atoms with E-state index >= 15 is 0 Å². The zero-order valence-corrected chi connectivity index (χ0v) is 16.8. The van der Waals surface area contributed by atoms with Crippen molar-refractivity contribution >= 4 is 23.3 Å². The van der Waals surface area contributed by atoms with Crippen molar-refractivity contribution in [2.24, 2.45) is 12.1 Å². The van der Waals surface area contributed by atoms with Crippen LogP contribution in [0.25, 0.3) is 11.2 Å². The fourth-order valence-electron chi connectivity index (χ4n) is 2.78. The van der Waals surface area contributed by atoms with Crippen molar-refractivity contribution < 1.29 is 14.2 Å². The highest BCUT2D eigenvalue weighted by atomic mass is 19.1. The third-order valence-electron chi connectivity index (χ3n) is 4.27. The lowest BCUT2D eigenvalue weighted by Crippen LogP contribution is -2.30. The van der Waals surface area contributed by atoms with Gasteiger partial charge >= 0.3 is 5.69 Å². The van der Waals surface area contributed by atoms with Gasteiger partial charge in [-0.3, -0.25) is 14.3 Å². The normalized spacial score (nSPS) is 12.9. The summed E-state index contributed by atoms with van der Waals surface area (Å²) < 4.78 is 21.1. The first-order valence-electron chi connectivity index (χ1n) is 9.30. The van der Waals surface area contributed by atoms with Crippen LogP contribution in [0.1, 0.15) is 19.4 Å². The molecule has 0 spiro atoms. The zero-order valence-electron chi connectivity index (χ0n) is 16.8. The molecule has 0 amide bonds. The monoisotopic (exact) mass is 418 g/mol. The number of benzene rings is 1. The zero-order chi connectivity index (χ0) is 21.8. The number of aromatic amines is 1. The number of hydrogen-bond acceptors (Lipinski definition) is 7. The molecule has 1 aromatic carbocycles. The molecule has 0 radical (unpaired) electrons. The quantitative estimate of drug-likeness (QED) is 0.367. The number of ether oxygens (including phenoxy) is 1. The van der Waals surface area contributed by atoms with E-state index in [4.69, 9.17) is 4.74 Å². The summed E-state index contributed by atoms with van der Waals surface area (Å²) in [6.07, 6.45) is 0.453. The van der Waals surface area contributed by atoms with E-state index in [1.165, 1.54) is 34.5 Å². The molecule has 160 valence electrons. The smallest absolute Gasteiger partial charge is 0.329 e. The van der Waals surface area contributed by atoms with Gasteiger partial charge in [-0.2, -0.15) is 10.1 Å². The van der Waals surface area contributed by atoms with Gasteiger partial charge in [0.1, 0.15) is 5.82 Å². The summed E-state index contributed by atoms with van der Waals surface area (Å²) in [7, 11) is 1.47. The van der Waals surface area contributed by atoms with Crippen LogP contribution in [0.5, 0.6) is 0 Å². The molecule has 30 heavy (non-hydrogen) atoms. The maximum atomic E-state index is 13.0. The molecule has 1 atom stereocenters. The fourth-order valence-corrected chi connectivity index (χ4v) is 2.78. The lowest BCUT2D eigenvalue weighted by molar-refractivity contribution is -0.000105. The van der Waals surface area contributed by atoms with Gasteiger partial charge in [-0.15, -0.1) is 0 Å². The van der Waals surface area contributed by atoms with E-state index in [0.717, 1.165) is 0 Å². The summed E-state index contributed by atoms with van der Waals surface area (Å²) in [6, 6.07) is 5.70. The van der Waals surface area contributed by atoms with Crippen molar-refractivity contribution in [3.05, 3.63) is 56.5 Å². The molecule has 10 nitrogen and oxygen atoms in total. The maximum Gasteiger partial charge on any atom is 0.329 e. The molecule has 3 aromatic rings. The van der Waals surface area contributed by atoms with Crippen LogP contribution in [0.2, 0.25) is 0 Å². The molecule has 0 bridgehead atoms. The Kier molecular flexibility index (Phi) is 6.43. The topological polar surface area (TPSA) is 127 Å². The van der Waals surface area contributed by atoms with Crippen LogP contribution in [0.15, 0.2) is 39.0 Å². The number of rotatable bonds is 8. The van der Waals surface area contributed by atoms with Crippen LogP contribution in [0.4, 0.5) is 10.3 Å². The minimum atomic E-state index is -0.928. The number of nitrogens with one attached hydrogen (secondary N) is 2. The van der Waals surface area contributed by atoms with Crippen LogP contribution < -0.4 is 16.7 Å². The summed E-state index contributed by atoms with van der Waals surface area (Å²) in [5, 5.41) is 14.4. The van der Waals surface area contributed by atoms with Gasteiger partial charge in [0.05, 0.1) is 31.6 Å². The number of aryl methyl sites for hydroxylation is 1. The van der Waals surface area contributed by atoms with Crippen molar-refractivity contribution in [3.63, 3.8) is 0 Å². The molecule has 0 fully saturated rings. The van der Waals surface area contributed by atoms with Crippen LogP contribution in [-0.2, 0) is 18.3 Å². The highest BCUT2D eigenvalue weighted by Gasteiger charge is 2.19. The number of imidazole rings is 1. The van der Waals surface area contributed by atoms with Crippen molar-refractivity contribution in [2.75, 3.05) is 12.0 Å². The van der Waals surface area contributed by atoms with Crippen molar-refractivity contribution in [1.82, 2.24) is 19.1 Å². The Morgan fingerprint density at radius 2 is 2.03 bits per heavy atom. The Hall–Kier alpha value is -3.31. The summed E-state index contributed by atoms with van der Waals surface area (Å²) in [5.41, 5.74) is 2.37. The fraction of sp³-hybridized carbons (Fsp3) is 0.368. The van der Waals surface area contributed by atoms with Crippen LogP contribution in [0, 0.1) is 5.82 Å². The van der Waals surface area contributed by atoms with Crippen molar-refractivity contribution in [2.45, 2.75) is 32.6 Å². The Morgan fingerprint density at radius 1 is 1.33 bits per heavy atom. The van der Waals surface area contributed by atoms with E-state index in [1.54, 1.807) is 12.1 Å². The SMILES string of the molecule is CC(C)OC[C@@H](O)Cn1c(N/N=C\c2ccc(F)cc2)nc2c1c(=O)[nH]c(=O)n2C. The van der Waals surface area contributed by atoms with Gasteiger partial charge in [0.15, 0.2) is 11.2 Å². The number of fused-ring (bicyclic) bond motifs is 1. The second kappa shape index (κ2) is 9.01. The van der Waals surface area contributed by atoms with Crippen molar-refractivity contribution in [1.29, 1.82) is 0 Å².